The summed E-state index contributed by atoms with van der Waals surface area (Å²) in [6.45, 7) is 3.38. The van der Waals surface area contributed by atoms with Gasteiger partial charge < -0.3 is 14.8 Å². The molecule has 0 saturated carbocycles. The zero-order valence-corrected chi connectivity index (χ0v) is 19.4. The first-order valence-electron chi connectivity index (χ1n) is 10.7. The molecule has 0 bridgehead atoms. The van der Waals surface area contributed by atoms with Crippen LogP contribution in [-0.2, 0) is 9.53 Å². The summed E-state index contributed by atoms with van der Waals surface area (Å²) >= 11 is 0. The fourth-order valence-corrected chi connectivity index (χ4v) is 3.47. The normalized spacial score (nSPS) is 11.4. The molecule has 0 aliphatic carbocycles. The minimum absolute atomic E-state index is 0.0971. The Hall–Kier alpha value is -4.54. The van der Waals surface area contributed by atoms with Gasteiger partial charge in [-0.15, -0.1) is 0 Å². The van der Waals surface area contributed by atoms with Crippen molar-refractivity contribution in [1.82, 2.24) is 15.1 Å². The number of carbonyl (C=O) groups is 2. The van der Waals surface area contributed by atoms with Crippen LogP contribution in [0, 0.1) is 17.0 Å². The van der Waals surface area contributed by atoms with Crippen molar-refractivity contribution in [3.8, 4) is 11.4 Å². The molecule has 0 aliphatic heterocycles. The lowest BCUT2D eigenvalue weighted by atomic mass is 10.0. The number of methoxy groups -OCH3 is 1. The van der Waals surface area contributed by atoms with E-state index in [0.717, 1.165) is 0 Å². The second-order valence-corrected chi connectivity index (χ2v) is 7.47. The summed E-state index contributed by atoms with van der Waals surface area (Å²) in [6.07, 6.45) is -0.197. The van der Waals surface area contributed by atoms with Gasteiger partial charge in [-0.25, -0.2) is 4.68 Å². The van der Waals surface area contributed by atoms with Crippen molar-refractivity contribution in [2.75, 3.05) is 13.7 Å². The predicted octanol–water partition coefficient (Wildman–Crippen LogP) is 2.88. The first-order valence-corrected chi connectivity index (χ1v) is 10.7. The Morgan fingerprint density at radius 1 is 1.17 bits per heavy atom. The van der Waals surface area contributed by atoms with Crippen LogP contribution in [0.2, 0.25) is 0 Å². The van der Waals surface area contributed by atoms with E-state index < -0.39 is 34.0 Å². The van der Waals surface area contributed by atoms with Crippen molar-refractivity contribution >= 4 is 17.6 Å². The van der Waals surface area contributed by atoms with E-state index in [1.54, 1.807) is 44.2 Å². The first-order chi connectivity index (χ1) is 16.7. The van der Waals surface area contributed by atoms with E-state index in [0.29, 0.717) is 17.0 Å². The van der Waals surface area contributed by atoms with E-state index in [2.05, 4.69) is 10.4 Å². The van der Waals surface area contributed by atoms with Gasteiger partial charge in [-0.2, -0.15) is 5.10 Å². The lowest BCUT2D eigenvalue weighted by Gasteiger charge is -2.19. The molecular formula is C24H24N4O7. The maximum Gasteiger partial charge on any atom is 0.308 e. The summed E-state index contributed by atoms with van der Waals surface area (Å²) in [7, 11) is 1.49. The van der Waals surface area contributed by atoms with Crippen LogP contribution >= 0.6 is 0 Å². The smallest absolute Gasteiger partial charge is 0.308 e. The molecule has 1 N–H and O–H groups in total. The van der Waals surface area contributed by atoms with E-state index in [1.807, 2.05) is 0 Å². The third-order valence-corrected chi connectivity index (χ3v) is 5.11. The number of nitrogens with one attached hydrogen (secondary N) is 1. The molecule has 0 radical (unpaired) electrons. The van der Waals surface area contributed by atoms with E-state index >= 15 is 0 Å². The van der Waals surface area contributed by atoms with Crippen molar-refractivity contribution in [2.24, 2.45) is 0 Å². The van der Waals surface area contributed by atoms with Gasteiger partial charge in [0.2, 0.25) is 5.43 Å². The van der Waals surface area contributed by atoms with E-state index in [9.17, 15) is 24.5 Å². The minimum Gasteiger partial charge on any atom is -0.497 e. The number of aromatic nitrogens is 2. The number of para-hydroxylation sites is 2. The number of nitrogens with zero attached hydrogens (tertiary/aromatic N) is 3. The summed E-state index contributed by atoms with van der Waals surface area (Å²) < 4.78 is 11.4. The van der Waals surface area contributed by atoms with Crippen molar-refractivity contribution in [1.29, 1.82) is 0 Å². The Balaban J connectivity index is 2.01. The van der Waals surface area contributed by atoms with Crippen molar-refractivity contribution in [2.45, 2.75) is 26.3 Å². The van der Waals surface area contributed by atoms with Crippen molar-refractivity contribution in [3.05, 3.63) is 91.9 Å². The molecule has 0 fully saturated rings. The Labute approximate surface area is 200 Å². The third kappa shape index (κ3) is 5.88. The second-order valence-electron chi connectivity index (χ2n) is 7.47. The summed E-state index contributed by atoms with van der Waals surface area (Å²) in [5, 5.41) is 18.3. The van der Waals surface area contributed by atoms with Gasteiger partial charge in [-0.1, -0.05) is 24.3 Å². The number of hydrogen-bond acceptors (Lipinski definition) is 8. The number of nitro benzene ring substituents is 1. The van der Waals surface area contributed by atoms with E-state index in [4.69, 9.17) is 9.47 Å². The molecule has 0 saturated heterocycles. The number of carbonyl (C=O) groups excluding carboxylic acids is 2. The lowest BCUT2D eigenvalue weighted by molar-refractivity contribution is -0.384. The maximum atomic E-state index is 13.2. The molecule has 0 aliphatic rings. The van der Waals surface area contributed by atoms with Gasteiger partial charge in [-0.3, -0.25) is 24.5 Å². The molecule has 3 aromatic rings. The second kappa shape index (κ2) is 11.1. The maximum absolute atomic E-state index is 13.2. The molecule has 182 valence electrons. The molecular weight excluding hydrogens is 456 g/mol. The van der Waals surface area contributed by atoms with Gasteiger partial charge in [-0.05, 0) is 37.6 Å². The molecule has 2 aromatic carbocycles. The Morgan fingerprint density at radius 3 is 2.60 bits per heavy atom. The highest BCUT2D eigenvalue weighted by Gasteiger charge is 2.24. The molecule has 3 rings (SSSR count). The number of nitro groups is 1. The van der Waals surface area contributed by atoms with Crippen molar-refractivity contribution in [3.63, 3.8) is 0 Å². The van der Waals surface area contributed by atoms with Crippen LogP contribution in [0.4, 0.5) is 5.69 Å². The average Bonchev–Trinajstić information content (AvgIpc) is 2.83. The van der Waals surface area contributed by atoms with E-state index in [1.165, 1.54) is 36.1 Å². The number of benzene rings is 2. The number of aryl methyl sites for hydroxylation is 1. The van der Waals surface area contributed by atoms with E-state index in [-0.39, 0.29) is 24.4 Å². The Kier molecular flexibility index (Phi) is 7.92. The summed E-state index contributed by atoms with van der Waals surface area (Å²) in [5.41, 5.74) is -0.441. The molecule has 0 spiro atoms. The largest absolute Gasteiger partial charge is 0.497 e. The number of ether oxygens (including phenoxy) is 2. The number of rotatable bonds is 9. The first kappa shape index (κ1) is 25.1. The molecule has 1 aromatic heterocycles. The standard InChI is InChI=1S/C24H24N4O7/c1-4-35-22(30)14-18(16-8-7-9-17(13-16)34-3)25-24(31)23-21(29)12-15(2)27(26-23)19-10-5-6-11-20(19)28(32)33/h5-13,18H,4,14H2,1-3H3,(H,25,31). The SMILES string of the molecule is CCOC(=O)CC(NC(=O)c1nn(-c2ccccc2[N+](=O)[O-])c(C)cc1=O)c1cccc(OC)c1. The lowest BCUT2D eigenvalue weighted by Crippen LogP contribution is -2.35. The fourth-order valence-electron chi connectivity index (χ4n) is 3.47. The topological polar surface area (TPSA) is 143 Å². The monoisotopic (exact) mass is 480 g/mol. The third-order valence-electron chi connectivity index (χ3n) is 5.11. The van der Waals surface area contributed by atoms with Gasteiger partial charge in [0.05, 0.1) is 31.1 Å². The van der Waals surface area contributed by atoms with Crippen LogP contribution in [0.1, 0.15) is 41.1 Å². The minimum atomic E-state index is -0.848. The number of hydrogen-bond donors (Lipinski definition) is 1. The molecule has 1 amide bonds. The molecule has 1 atom stereocenters. The molecule has 11 heteroatoms. The highest BCUT2D eigenvalue weighted by molar-refractivity contribution is 5.92. The highest BCUT2D eigenvalue weighted by Crippen LogP contribution is 2.24. The molecule has 1 unspecified atom stereocenters. The summed E-state index contributed by atoms with van der Waals surface area (Å²) in [4.78, 5) is 48.9. The highest BCUT2D eigenvalue weighted by atomic mass is 16.6. The molecule has 1 heterocycles. The Bertz CT molecular complexity index is 1320. The number of esters is 1. The van der Waals surface area contributed by atoms with Crippen LogP contribution in [0.25, 0.3) is 5.69 Å². The molecule has 11 nitrogen and oxygen atoms in total. The van der Waals surface area contributed by atoms with Gasteiger partial charge in [0.15, 0.2) is 5.69 Å². The van der Waals surface area contributed by atoms with Gasteiger partial charge in [0.1, 0.15) is 11.4 Å². The zero-order chi connectivity index (χ0) is 25.5. The van der Waals surface area contributed by atoms with Crippen LogP contribution < -0.4 is 15.5 Å². The zero-order valence-electron chi connectivity index (χ0n) is 19.4. The summed E-state index contributed by atoms with van der Waals surface area (Å²) in [6, 6.07) is 12.9. The van der Waals surface area contributed by atoms with Gasteiger partial charge in [0.25, 0.3) is 11.6 Å². The number of amides is 1. The average molecular weight is 480 g/mol. The van der Waals surface area contributed by atoms with Crippen LogP contribution in [0.15, 0.2) is 59.4 Å². The van der Waals surface area contributed by atoms with Gasteiger partial charge in [0, 0.05) is 17.8 Å². The Morgan fingerprint density at radius 2 is 1.91 bits per heavy atom. The van der Waals surface area contributed by atoms with Crippen LogP contribution in [0.5, 0.6) is 5.75 Å². The quantitative estimate of drug-likeness (QED) is 0.280. The molecule has 35 heavy (non-hydrogen) atoms. The predicted molar refractivity (Wildman–Crippen MR) is 126 cm³/mol. The van der Waals surface area contributed by atoms with Crippen LogP contribution in [0.3, 0.4) is 0 Å². The van der Waals surface area contributed by atoms with Crippen molar-refractivity contribution < 1.29 is 24.0 Å². The summed E-state index contributed by atoms with van der Waals surface area (Å²) in [5.74, 6) is -0.882. The van der Waals surface area contributed by atoms with Crippen LogP contribution in [-0.4, -0.2) is 40.3 Å². The fraction of sp³-hybridized carbons (Fsp3) is 0.250. The van der Waals surface area contributed by atoms with Gasteiger partial charge >= 0.3 is 5.97 Å².